The van der Waals surface area contributed by atoms with Crippen LogP contribution in [-0.2, 0) is 16.5 Å². The summed E-state index contributed by atoms with van der Waals surface area (Å²) >= 11 is 1.36. The van der Waals surface area contributed by atoms with Crippen LogP contribution in [0.1, 0.15) is 25.0 Å². The molecule has 2 aromatic rings. The van der Waals surface area contributed by atoms with E-state index in [1.807, 2.05) is 0 Å². The summed E-state index contributed by atoms with van der Waals surface area (Å²) in [6.45, 7) is 6.73. The van der Waals surface area contributed by atoms with Gasteiger partial charge in [-0.05, 0) is 32.9 Å². The van der Waals surface area contributed by atoms with Gasteiger partial charge in [0.25, 0.3) is 0 Å². The van der Waals surface area contributed by atoms with Crippen LogP contribution in [0.15, 0.2) is 59.5 Å². The quantitative estimate of drug-likeness (QED) is 0.562. The molecule has 0 amide bonds. The van der Waals surface area contributed by atoms with Crippen molar-refractivity contribution in [1.29, 1.82) is 0 Å². The highest BCUT2D eigenvalue weighted by atomic mass is 32.2. The Kier molecular flexibility index (Phi) is 3.58. The Hall–Kier alpha value is -1.21. The molecule has 0 heterocycles. The zero-order valence-electron chi connectivity index (χ0n) is 10.6. The molecule has 0 N–H and O–H groups in total. The van der Waals surface area contributed by atoms with Gasteiger partial charge in [-0.25, -0.2) is 0 Å². The fraction of sp³-hybridized carbons (Fsp3) is 0.250. The van der Waals surface area contributed by atoms with Gasteiger partial charge in [-0.2, -0.15) is 0 Å². The Morgan fingerprint density at radius 1 is 0.824 bits per heavy atom. The third-order valence-corrected chi connectivity index (χ3v) is 4.30. The number of hydrogen-bond donors (Lipinski definition) is 0. The number of thiol groups is 1. The second-order valence-corrected chi connectivity index (χ2v) is 6.73. The molecule has 0 bridgehead atoms. The van der Waals surface area contributed by atoms with E-state index in [0.717, 1.165) is 0 Å². The van der Waals surface area contributed by atoms with Gasteiger partial charge in [0.1, 0.15) is 0 Å². The van der Waals surface area contributed by atoms with Crippen molar-refractivity contribution in [2.45, 2.75) is 30.4 Å². The van der Waals surface area contributed by atoms with E-state index in [0.29, 0.717) is 0 Å². The predicted octanol–water partition coefficient (Wildman–Crippen LogP) is 4.10. The van der Waals surface area contributed by atoms with Gasteiger partial charge in [0, 0.05) is 17.3 Å². The third-order valence-electron chi connectivity index (χ3n) is 2.92. The maximum absolute atomic E-state index is 2.30. The van der Waals surface area contributed by atoms with Crippen molar-refractivity contribution in [2.24, 2.45) is 0 Å². The maximum Gasteiger partial charge on any atom is 0.153 e. The molecule has 0 aliphatic rings. The van der Waals surface area contributed by atoms with Gasteiger partial charge < -0.3 is 0 Å². The molecule has 0 aliphatic heterocycles. The first-order valence-electron chi connectivity index (χ1n) is 5.93. The van der Waals surface area contributed by atoms with Crippen molar-refractivity contribution in [1.82, 2.24) is 0 Å². The molecule has 2 aromatic carbocycles. The van der Waals surface area contributed by atoms with Gasteiger partial charge in [-0.15, -0.1) is 0 Å². The first kappa shape index (κ1) is 12.3. The van der Waals surface area contributed by atoms with Crippen LogP contribution >= 0.6 is 0 Å². The van der Waals surface area contributed by atoms with E-state index in [1.165, 1.54) is 27.8 Å². The Morgan fingerprint density at radius 3 is 2.00 bits per heavy atom. The van der Waals surface area contributed by atoms with Crippen LogP contribution in [0.4, 0.5) is 0 Å². The third kappa shape index (κ3) is 3.13. The predicted molar refractivity (Wildman–Crippen MR) is 77.7 cm³/mol. The van der Waals surface area contributed by atoms with E-state index in [-0.39, 0.29) is 4.75 Å². The number of rotatable bonds is 3. The molecule has 17 heavy (non-hydrogen) atoms. The minimum absolute atomic E-state index is 0.162. The van der Waals surface area contributed by atoms with Gasteiger partial charge in [0.15, 0.2) is 9.64 Å². The van der Waals surface area contributed by atoms with Crippen LogP contribution in [0.3, 0.4) is 0 Å². The lowest BCUT2D eigenvalue weighted by Crippen LogP contribution is -2.19. The highest BCUT2D eigenvalue weighted by Crippen LogP contribution is 2.28. The minimum Gasteiger partial charge on any atom is -0.0619 e. The van der Waals surface area contributed by atoms with Crippen LogP contribution in [0.25, 0.3) is 0 Å². The summed E-state index contributed by atoms with van der Waals surface area (Å²) in [5, 5.41) is 0. The maximum atomic E-state index is 2.30. The molecule has 0 radical (unpaired) electrons. The van der Waals surface area contributed by atoms with Crippen molar-refractivity contribution in [3.8, 4) is 0 Å². The highest BCUT2D eigenvalue weighted by molar-refractivity contribution is 7.79. The Morgan fingerprint density at radius 2 is 1.41 bits per heavy atom. The van der Waals surface area contributed by atoms with Crippen molar-refractivity contribution < 1.29 is 0 Å². The summed E-state index contributed by atoms with van der Waals surface area (Å²) in [6.07, 6.45) is 0. The van der Waals surface area contributed by atoms with Gasteiger partial charge in [-0.1, -0.05) is 48.0 Å². The molecule has 0 unspecified atom stereocenters. The van der Waals surface area contributed by atoms with Gasteiger partial charge in [0.05, 0.1) is 0 Å². The number of aryl methyl sites for hydroxylation is 1. The fourth-order valence-electron chi connectivity index (χ4n) is 1.85. The SMILES string of the molecule is Cc1ccc(C(C)(C)[SH+]c2ccccc2)cc1. The molecule has 0 spiro atoms. The normalized spacial score (nSPS) is 11.5. The summed E-state index contributed by atoms with van der Waals surface area (Å²) in [7, 11) is 0. The smallest absolute Gasteiger partial charge is 0.0619 e. The summed E-state index contributed by atoms with van der Waals surface area (Å²) in [5.41, 5.74) is 2.72. The molecular formula is C16H19S+. The zero-order valence-corrected chi connectivity index (χ0v) is 11.5. The lowest BCUT2D eigenvalue weighted by Gasteiger charge is -2.17. The van der Waals surface area contributed by atoms with Crippen molar-refractivity contribution in [3.05, 3.63) is 65.7 Å². The van der Waals surface area contributed by atoms with Crippen LogP contribution < -0.4 is 0 Å². The molecule has 0 saturated heterocycles. The van der Waals surface area contributed by atoms with E-state index in [2.05, 4.69) is 75.4 Å². The molecule has 1 heteroatoms. The van der Waals surface area contributed by atoms with E-state index in [9.17, 15) is 0 Å². The molecule has 0 aliphatic carbocycles. The second-order valence-electron chi connectivity index (χ2n) is 4.87. The molecule has 0 atom stereocenters. The first-order valence-corrected chi connectivity index (χ1v) is 6.82. The highest BCUT2D eigenvalue weighted by Gasteiger charge is 2.29. The van der Waals surface area contributed by atoms with Crippen molar-refractivity contribution >= 4 is 11.8 Å². The molecular weight excluding hydrogens is 224 g/mol. The average Bonchev–Trinajstić information content (AvgIpc) is 2.30. The van der Waals surface area contributed by atoms with Gasteiger partial charge >= 0.3 is 0 Å². The molecule has 0 saturated carbocycles. The second kappa shape index (κ2) is 4.97. The summed E-state index contributed by atoms with van der Waals surface area (Å²) in [4.78, 5) is 1.37. The van der Waals surface area contributed by atoms with Gasteiger partial charge in [0.2, 0.25) is 0 Å². The lowest BCUT2D eigenvalue weighted by molar-refractivity contribution is 0.778. The first-order chi connectivity index (χ1) is 8.08. The van der Waals surface area contributed by atoms with E-state index < -0.39 is 0 Å². The molecule has 0 fully saturated rings. The largest absolute Gasteiger partial charge is 0.153 e. The van der Waals surface area contributed by atoms with Crippen LogP contribution in [-0.4, -0.2) is 0 Å². The molecule has 2 rings (SSSR count). The number of benzene rings is 2. The Balaban J connectivity index is 2.21. The van der Waals surface area contributed by atoms with E-state index in [1.54, 1.807) is 0 Å². The summed E-state index contributed by atoms with van der Waals surface area (Å²) in [6, 6.07) is 19.5. The monoisotopic (exact) mass is 243 g/mol. The summed E-state index contributed by atoms with van der Waals surface area (Å²) in [5.74, 6) is 0. The standard InChI is InChI=1S/C16H18S/c1-13-9-11-14(12-10-13)16(2,3)17-15-7-5-4-6-8-15/h4-12H,1-3H3/p+1. The van der Waals surface area contributed by atoms with Crippen molar-refractivity contribution in [3.63, 3.8) is 0 Å². The molecule has 0 aromatic heterocycles. The topological polar surface area (TPSA) is 0 Å². The molecule has 88 valence electrons. The fourth-order valence-corrected chi connectivity index (χ4v) is 3.10. The number of hydrogen-bond acceptors (Lipinski definition) is 0. The van der Waals surface area contributed by atoms with Crippen LogP contribution in [0.5, 0.6) is 0 Å². The lowest BCUT2D eigenvalue weighted by atomic mass is 10.0. The summed E-state index contributed by atoms with van der Waals surface area (Å²) < 4.78 is 0.162. The Labute approximate surface area is 108 Å². The van der Waals surface area contributed by atoms with Crippen LogP contribution in [0, 0.1) is 6.92 Å². The van der Waals surface area contributed by atoms with Crippen LogP contribution in [0.2, 0.25) is 0 Å². The zero-order chi connectivity index (χ0) is 12.3. The van der Waals surface area contributed by atoms with Gasteiger partial charge in [-0.3, -0.25) is 0 Å². The average molecular weight is 243 g/mol. The van der Waals surface area contributed by atoms with Crippen molar-refractivity contribution in [2.75, 3.05) is 0 Å². The van der Waals surface area contributed by atoms with E-state index >= 15 is 0 Å². The van der Waals surface area contributed by atoms with E-state index in [4.69, 9.17) is 0 Å². The minimum atomic E-state index is 0.162. The molecule has 0 nitrogen and oxygen atoms in total. The Bertz CT molecular complexity index is 469.